The summed E-state index contributed by atoms with van der Waals surface area (Å²) in [6, 6.07) is 16.0. The largest absolute Gasteiger partial charge is 0.195 e. The van der Waals surface area contributed by atoms with Crippen LogP contribution < -0.4 is 4.57 Å². The van der Waals surface area contributed by atoms with E-state index in [-0.39, 0.29) is 5.41 Å². The topological polar surface area (TPSA) is 3.88 Å². The first-order valence-electron chi connectivity index (χ1n) is 7.38. The van der Waals surface area contributed by atoms with Gasteiger partial charge in [0.05, 0.1) is 5.92 Å². The van der Waals surface area contributed by atoms with Gasteiger partial charge in [0.15, 0.2) is 17.9 Å². The summed E-state index contributed by atoms with van der Waals surface area (Å²) in [7, 11) is 0. The lowest BCUT2D eigenvalue weighted by atomic mass is 9.57. The fraction of sp³-hybridized carbons (Fsp3) is 0.316. The summed E-state index contributed by atoms with van der Waals surface area (Å²) in [6.45, 7) is 8.89. The van der Waals surface area contributed by atoms with E-state index in [9.17, 15) is 0 Å². The second-order valence-electron chi connectivity index (χ2n) is 6.51. The summed E-state index contributed by atoms with van der Waals surface area (Å²) in [5, 5.41) is 0. The molecule has 1 aromatic carbocycles. The Morgan fingerprint density at radius 1 is 1.15 bits per heavy atom. The van der Waals surface area contributed by atoms with Crippen LogP contribution in [0.3, 0.4) is 0 Å². The second kappa shape index (κ2) is 3.82. The number of hydrogen-bond acceptors (Lipinski definition) is 0. The fourth-order valence-corrected chi connectivity index (χ4v) is 4.20. The van der Waals surface area contributed by atoms with Gasteiger partial charge in [-0.15, -0.1) is 0 Å². The van der Waals surface area contributed by atoms with Crippen LogP contribution in [-0.4, -0.2) is 0 Å². The number of nitrogens with zero attached hydrogens (tertiary/aromatic N) is 1. The van der Waals surface area contributed by atoms with E-state index in [1.54, 1.807) is 0 Å². The minimum Gasteiger partial charge on any atom is -0.195 e. The van der Waals surface area contributed by atoms with Crippen LogP contribution in [0.15, 0.2) is 60.8 Å². The van der Waals surface area contributed by atoms with E-state index in [2.05, 4.69) is 73.7 Å². The Morgan fingerprint density at radius 3 is 2.60 bits per heavy atom. The van der Waals surface area contributed by atoms with Gasteiger partial charge in [0.1, 0.15) is 0 Å². The molecule has 3 unspecified atom stereocenters. The fourth-order valence-electron chi connectivity index (χ4n) is 4.20. The van der Waals surface area contributed by atoms with Crippen molar-refractivity contribution in [2.75, 3.05) is 0 Å². The number of rotatable bonds is 1. The van der Waals surface area contributed by atoms with Crippen LogP contribution in [0.5, 0.6) is 0 Å². The molecule has 3 atom stereocenters. The molecule has 100 valence electrons. The molecule has 0 amide bonds. The molecular formula is C19H20N+. The van der Waals surface area contributed by atoms with Gasteiger partial charge < -0.3 is 0 Å². The minimum absolute atomic E-state index is 0.167. The summed E-state index contributed by atoms with van der Waals surface area (Å²) in [5.74, 6) is 0.433. The molecule has 0 saturated heterocycles. The predicted molar refractivity (Wildman–Crippen MR) is 80.6 cm³/mol. The number of aromatic nitrogens is 1. The lowest BCUT2D eigenvalue weighted by Gasteiger charge is -2.47. The maximum absolute atomic E-state index is 4.31. The molecule has 5 rings (SSSR count). The molecule has 2 aromatic rings. The third-order valence-corrected chi connectivity index (χ3v) is 5.45. The van der Waals surface area contributed by atoms with Crippen molar-refractivity contribution in [2.45, 2.75) is 32.2 Å². The van der Waals surface area contributed by atoms with Gasteiger partial charge in [0.25, 0.3) is 0 Å². The van der Waals surface area contributed by atoms with Gasteiger partial charge in [-0.2, -0.15) is 4.57 Å². The van der Waals surface area contributed by atoms with Crippen LogP contribution in [0.2, 0.25) is 0 Å². The highest BCUT2D eigenvalue weighted by molar-refractivity contribution is 5.45. The molecule has 20 heavy (non-hydrogen) atoms. The van der Waals surface area contributed by atoms with Crippen molar-refractivity contribution in [2.24, 2.45) is 5.41 Å². The standard InChI is InChI=1S/C19H20N/c1-13(2)19(3)12-17-14-8-4-5-9-15(14)18(19)16-10-6-7-11-20(16)17/h4-11,17-18H,1,12H2,2-3H3/q+1. The van der Waals surface area contributed by atoms with Crippen LogP contribution in [0.25, 0.3) is 0 Å². The first-order valence-corrected chi connectivity index (χ1v) is 7.38. The third kappa shape index (κ3) is 1.30. The molecule has 0 N–H and O–H groups in total. The van der Waals surface area contributed by atoms with Gasteiger partial charge in [-0.3, -0.25) is 0 Å². The van der Waals surface area contributed by atoms with E-state index >= 15 is 0 Å². The predicted octanol–water partition coefficient (Wildman–Crippen LogP) is 3.99. The average Bonchev–Trinajstić information content (AvgIpc) is 2.47. The van der Waals surface area contributed by atoms with Crippen LogP contribution in [-0.2, 0) is 0 Å². The van der Waals surface area contributed by atoms with E-state index in [0.717, 1.165) is 6.42 Å². The summed E-state index contributed by atoms with van der Waals surface area (Å²) < 4.78 is 2.47. The number of hydrogen-bond donors (Lipinski definition) is 0. The van der Waals surface area contributed by atoms with Crippen molar-refractivity contribution in [3.8, 4) is 0 Å². The van der Waals surface area contributed by atoms with Crippen molar-refractivity contribution < 1.29 is 4.57 Å². The van der Waals surface area contributed by atoms with Crippen molar-refractivity contribution in [3.63, 3.8) is 0 Å². The summed E-state index contributed by atoms with van der Waals surface area (Å²) >= 11 is 0. The molecule has 3 heterocycles. The van der Waals surface area contributed by atoms with E-state index in [0.29, 0.717) is 12.0 Å². The zero-order valence-corrected chi connectivity index (χ0v) is 12.1. The summed E-state index contributed by atoms with van der Waals surface area (Å²) in [5.41, 5.74) is 5.91. The van der Waals surface area contributed by atoms with Crippen molar-refractivity contribution >= 4 is 0 Å². The lowest BCUT2D eigenvalue weighted by Crippen LogP contribution is -2.57. The second-order valence-corrected chi connectivity index (χ2v) is 6.51. The summed E-state index contributed by atoms with van der Waals surface area (Å²) in [6.07, 6.45) is 3.40. The Kier molecular flexibility index (Phi) is 2.27. The van der Waals surface area contributed by atoms with Crippen LogP contribution in [0, 0.1) is 5.41 Å². The highest BCUT2D eigenvalue weighted by atomic mass is 15.0. The molecule has 0 saturated carbocycles. The number of benzene rings is 1. The quantitative estimate of drug-likeness (QED) is 0.540. The smallest absolute Gasteiger partial charge is 0.190 e. The van der Waals surface area contributed by atoms with Gasteiger partial charge in [0.2, 0.25) is 0 Å². The third-order valence-electron chi connectivity index (χ3n) is 5.45. The van der Waals surface area contributed by atoms with Gasteiger partial charge in [-0.25, -0.2) is 0 Å². The van der Waals surface area contributed by atoms with Gasteiger partial charge in [-0.05, 0) is 12.5 Å². The Bertz CT molecular complexity index is 668. The maximum atomic E-state index is 4.31. The maximum Gasteiger partial charge on any atom is 0.190 e. The normalized spacial score (nSPS) is 29.7. The van der Waals surface area contributed by atoms with Gasteiger partial charge >= 0.3 is 0 Å². The number of allylic oxidation sites excluding steroid dienone is 1. The molecular weight excluding hydrogens is 242 g/mol. The molecule has 2 bridgehead atoms. The van der Waals surface area contributed by atoms with E-state index < -0.39 is 0 Å². The summed E-state index contributed by atoms with van der Waals surface area (Å²) in [4.78, 5) is 0. The molecule has 1 aliphatic carbocycles. The first-order chi connectivity index (χ1) is 9.63. The Balaban J connectivity index is 2.05. The van der Waals surface area contributed by atoms with E-state index in [1.165, 1.54) is 22.4 Å². The molecule has 0 spiro atoms. The van der Waals surface area contributed by atoms with Crippen molar-refractivity contribution in [1.82, 2.24) is 0 Å². The highest BCUT2D eigenvalue weighted by Crippen LogP contribution is 2.57. The van der Waals surface area contributed by atoms with Crippen molar-refractivity contribution in [1.29, 1.82) is 0 Å². The number of pyridine rings is 1. The molecule has 2 aliphatic heterocycles. The molecule has 1 nitrogen and oxygen atoms in total. The Hall–Kier alpha value is -1.89. The zero-order valence-electron chi connectivity index (χ0n) is 12.1. The first kappa shape index (κ1) is 11.9. The molecule has 0 radical (unpaired) electrons. The van der Waals surface area contributed by atoms with Gasteiger partial charge in [-0.1, -0.05) is 49.4 Å². The van der Waals surface area contributed by atoms with E-state index in [4.69, 9.17) is 0 Å². The highest BCUT2D eigenvalue weighted by Gasteiger charge is 2.55. The van der Waals surface area contributed by atoms with Crippen LogP contribution in [0.4, 0.5) is 0 Å². The van der Waals surface area contributed by atoms with Gasteiger partial charge in [0, 0.05) is 29.5 Å². The molecule has 3 aliphatic rings. The SMILES string of the molecule is C=C(C)C1(C)CC2c3ccccc3C1c1cccc[n+]12. The monoisotopic (exact) mass is 262 g/mol. The van der Waals surface area contributed by atoms with Crippen molar-refractivity contribution in [3.05, 3.63) is 77.6 Å². The lowest BCUT2D eigenvalue weighted by molar-refractivity contribution is -0.734. The van der Waals surface area contributed by atoms with E-state index in [1.807, 2.05) is 0 Å². The minimum atomic E-state index is 0.167. The average molecular weight is 262 g/mol. The Morgan fingerprint density at radius 2 is 1.85 bits per heavy atom. The van der Waals surface area contributed by atoms with Crippen LogP contribution >= 0.6 is 0 Å². The van der Waals surface area contributed by atoms with Crippen LogP contribution in [0.1, 0.15) is 49.0 Å². The molecule has 1 aromatic heterocycles. The zero-order chi connectivity index (χ0) is 13.9. The molecule has 0 fully saturated rings. The Labute approximate surface area is 120 Å². The number of fused-ring (bicyclic) bond motifs is 1. The molecule has 1 heteroatoms.